The van der Waals surface area contributed by atoms with Crippen molar-refractivity contribution < 1.29 is 92.5 Å². The fraction of sp³-hybridized carbons (Fsp3) is 0.718. The Bertz CT molecular complexity index is 2440. The van der Waals surface area contributed by atoms with Crippen LogP contribution in [0.2, 0.25) is 24.2 Å². The van der Waals surface area contributed by atoms with Crippen LogP contribution in [0.5, 0.6) is 0 Å². The fourth-order valence-corrected chi connectivity index (χ4v) is 23.7. The van der Waals surface area contributed by atoms with Gasteiger partial charge in [-0.05, 0) is 174 Å². The molecule has 648 valence electrons. The Balaban J connectivity index is 1.67. The topological polar surface area (TPSA) is 277 Å². The molecule has 4 aromatic rings. The van der Waals surface area contributed by atoms with Gasteiger partial charge in [0.1, 0.15) is 0 Å². The van der Waals surface area contributed by atoms with Crippen LogP contribution in [0.3, 0.4) is 0 Å². The number of hydrogen-bond acceptors (Lipinski definition) is 24. The van der Waals surface area contributed by atoms with E-state index < -0.39 is 65.0 Å². The molecular formula is C85H152N4O20Si4. The summed E-state index contributed by atoms with van der Waals surface area (Å²) in [6, 6.07) is 35.9. The first-order chi connectivity index (χ1) is 55.0. The summed E-state index contributed by atoms with van der Waals surface area (Å²) in [5.41, 5.74) is 6.11. The highest BCUT2D eigenvalue weighted by atomic mass is 28.4. The largest absolute Gasteiger partial charge is 0.501 e. The van der Waals surface area contributed by atoms with Crippen molar-refractivity contribution in [3.63, 3.8) is 0 Å². The Hall–Kier alpha value is -3.85. The van der Waals surface area contributed by atoms with Crippen LogP contribution in [0.15, 0.2) is 97.1 Å². The minimum Gasteiger partial charge on any atom is -0.389 e. The molecule has 0 spiro atoms. The predicted octanol–water partition coefficient (Wildman–Crippen LogP) is 15.7. The van der Waals surface area contributed by atoms with Crippen LogP contribution < -0.4 is 21.3 Å². The van der Waals surface area contributed by atoms with E-state index in [-0.39, 0.29) is 52.6 Å². The smallest absolute Gasteiger partial charge is 0.389 e. The van der Waals surface area contributed by atoms with E-state index in [9.17, 15) is 20.4 Å². The lowest BCUT2D eigenvalue weighted by Gasteiger charge is -2.37. The third-order valence-electron chi connectivity index (χ3n) is 18.1. The lowest BCUT2D eigenvalue weighted by molar-refractivity contribution is 0.0354. The van der Waals surface area contributed by atoms with Crippen molar-refractivity contribution >= 4 is 58.0 Å². The third-order valence-corrected chi connectivity index (χ3v) is 29.7. The Morgan fingerprint density at radius 1 is 0.239 bits per heavy atom. The molecule has 0 radical (unpaired) electrons. The Morgan fingerprint density at radius 3 is 0.531 bits per heavy atom. The van der Waals surface area contributed by atoms with E-state index in [0.29, 0.717) is 156 Å². The van der Waals surface area contributed by atoms with E-state index in [4.69, 9.17) is 72.1 Å². The number of rotatable bonds is 76. The molecule has 28 heteroatoms. The van der Waals surface area contributed by atoms with Gasteiger partial charge in [0.25, 0.3) is 0 Å². The number of benzene rings is 4. The van der Waals surface area contributed by atoms with Crippen molar-refractivity contribution in [2.45, 2.75) is 240 Å². The van der Waals surface area contributed by atoms with E-state index in [1.807, 2.05) is 48.5 Å². The van der Waals surface area contributed by atoms with Crippen LogP contribution in [0.4, 0.5) is 22.7 Å². The van der Waals surface area contributed by atoms with Crippen LogP contribution >= 0.6 is 0 Å². The summed E-state index contributed by atoms with van der Waals surface area (Å²) in [5.74, 6) is 0. The zero-order chi connectivity index (χ0) is 82.0. The molecule has 0 saturated carbocycles. The number of anilines is 4. The number of nitrogens with one attached hydrogen (secondary N) is 4. The molecule has 0 aliphatic carbocycles. The second-order valence-corrected chi connectivity index (χ2v) is 39.8. The maximum atomic E-state index is 11.3. The lowest BCUT2D eigenvalue weighted by atomic mass is 9.65. The summed E-state index contributed by atoms with van der Waals surface area (Å²) in [5, 5.41) is 59.1. The lowest BCUT2D eigenvalue weighted by Crippen LogP contribution is -2.46. The van der Waals surface area contributed by atoms with E-state index >= 15 is 0 Å². The van der Waals surface area contributed by atoms with Gasteiger partial charge >= 0.3 is 35.2 Å². The molecule has 0 aromatic heterocycles. The summed E-state index contributed by atoms with van der Waals surface area (Å²) in [4.78, 5) is 0. The van der Waals surface area contributed by atoms with Crippen LogP contribution in [0.1, 0.15) is 208 Å². The second kappa shape index (κ2) is 61.4. The van der Waals surface area contributed by atoms with Crippen molar-refractivity contribution in [2.24, 2.45) is 0 Å². The molecule has 0 bridgehead atoms. The average molecular weight is 1660 g/mol. The van der Waals surface area contributed by atoms with Crippen LogP contribution in [-0.2, 0) is 77.5 Å². The number of ether oxygens (including phenoxy) is 4. The monoisotopic (exact) mass is 1660 g/mol. The maximum absolute atomic E-state index is 11.3. The van der Waals surface area contributed by atoms with Gasteiger partial charge < -0.3 is 114 Å². The summed E-state index contributed by atoms with van der Waals surface area (Å²) < 4.78 is 99.9. The van der Waals surface area contributed by atoms with Gasteiger partial charge in [-0.2, -0.15) is 0 Å². The van der Waals surface area contributed by atoms with Crippen LogP contribution in [0, 0.1) is 0 Å². The number of hydrogen-bond donors (Lipinski definition) is 8. The molecule has 0 amide bonds. The minimum absolute atomic E-state index is 0.142. The average Bonchev–Trinajstić information content (AvgIpc) is 0.732. The molecule has 4 unspecified atom stereocenters. The zero-order valence-corrected chi connectivity index (χ0v) is 75.5. The maximum Gasteiger partial charge on any atom is 0.501 e. The van der Waals surface area contributed by atoms with E-state index in [1.54, 1.807) is 0 Å². The van der Waals surface area contributed by atoms with Gasteiger partial charge in [0.05, 0.1) is 56.3 Å². The summed E-state index contributed by atoms with van der Waals surface area (Å²) in [6.07, 6.45) is 9.99. The minimum atomic E-state index is -2.88. The summed E-state index contributed by atoms with van der Waals surface area (Å²) in [7, 11) is -11.5. The normalized spacial score (nSPS) is 13.9. The SMILES string of the molecule is CCCO[Si](CCCOCC(O)CNc1ccc(C(c2ccc(NCC(O)COCCC[Si](OCCC)(OCCC)OCCC)cc2)(c2ccc(NCC(O)COCCC[Si](OCCC)(OCCC)OCCC)cc2)c2ccc(NCC(O)COCCC[Si](OCCC)(OCCC)OCCC)cc2)cc1)(OCCC)OCCC. The fourth-order valence-electron chi connectivity index (χ4n) is 12.4. The van der Waals surface area contributed by atoms with Gasteiger partial charge in [-0.15, -0.1) is 0 Å². The third kappa shape index (κ3) is 39.3. The van der Waals surface area contributed by atoms with Gasteiger partial charge in [0, 0.05) is 179 Å². The van der Waals surface area contributed by atoms with Crippen LogP contribution in [-0.4, -0.2) is 238 Å². The molecule has 4 aromatic carbocycles. The molecule has 0 aliphatic rings. The van der Waals surface area contributed by atoms with E-state index in [0.717, 1.165) is 122 Å². The number of aliphatic hydroxyl groups excluding tert-OH is 4. The zero-order valence-electron chi connectivity index (χ0n) is 71.5. The highest BCUT2D eigenvalue weighted by molar-refractivity contribution is 6.61. The van der Waals surface area contributed by atoms with Crippen molar-refractivity contribution in [1.82, 2.24) is 0 Å². The Kier molecular flexibility index (Phi) is 55.2. The predicted molar refractivity (Wildman–Crippen MR) is 462 cm³/mol. The van der Waals surface area contributed by atoms with Crippen molar-refractivity contribution in [3.05, 3.63) is 119 Å². The molecule has 8 N–H and O–H groups in total. The van der Waals surface area contributed by atoms with Crippen molar-refractivity contribution in [3.8, 4) is 0 Å². The molecule has 0 aliphatic heterocycles. The standard InChI is InChI=1S/C85H152N4O20Si4/c1-13-45-98-110(99-46-14-2,100-47-15-3)61-25-57-94-69-81(90)65-86-77-37-29-73(30-38-77)85(74-31-39-78(40-32-74)87-66-82(91)70-95-58-26-62-111(101-48-16-4,102-49-17-5)103-50-18-6,75-33-41-79(42-34-75)88-67-83(92)71-96-59-27-63-112(104-51-19-7,105-52-20-8)106-53-21-9)76-35-43-80(44-36-76)89-68-84(93)72-97-60-28-64-113(107-54-22-10,108-55-23-11)109-56-24-12/h29-44,81-84,86-93H,13-28,45-72H2,1-12H3. The van der Waals surface area contributed by atoms with Gasteiger partial charge in [-0.25, -0.2) is 0 Å². The van der Waals surface area contributed by atoms with Gasteiger partial charge in [0.2, 0.25) is 0 Å². The van der Waals surface area contributed by atoms with E-state index in [2.05, 4.69) is 153 Å². The van der Waals surface area contributed by atoms with Gasteiger partial charge in [0.15, 0.2) is 0 Å². The van der Waals surface area contributed by atoms with Crippen LogP contribution in [0.25, 0.3) is 0 Å². The molecule has 4 rings (SSSR count). The Labute approximate surface area is 685 Å². The molecule has 0 saturated heterocycles. The highest BCUT2D eigenvalue weighted by Crippen LogP contribution is 2.46. The first-order valence-electron chi connectivity index (χ1n) is 43.1. The molecule has 0 fully saturated rings. The summed E-state index contributed by atoms with van der Waals surface area (Å²) in [6.45, 7) is 35.2. The van der Waals surface area contributed by atoms with Gasteiger partial charge in [-0.3, -0.25) is 0 Å². The van der Waals surface area contributed by atoms with Crippen molar-refractivity contribution in [2.75, 3.05) is 180 Å². The molecular weight excluding hydrogens is 1510 g/mol. The highest BCUT2D eigenvalue weighted by Gasteiger charge is 2.44. The molecule has 113 heavy (non-hydrogen) atoms. The second-order valence-electron chi connectivity index (χ2n) is 28.8. The number of aliphatic hydroxyl groups is 4. The first kappa shape index (κ1) is 102. The summed E-state index contributed by atoms with van der Waals surface area (Å²) >= 11 is 0. The van der Waals surface area contributed by atoms with Crippen molar-refractivity contribution in [1.29, 1.82) is 0 Å². The molecule has 24 nitrogen and oxygen atoms in total. The van der Waals surface area contributed by atoms with Gasteiger partial charge in [-0.1, -0.05) is 132 Å². The molecule has 4 atom stereocenters. The van der Waals surface area contributed by atoms with E-state index in [1.165, 1.54) is 0 Å². The Morgan fingerprint density at radius 2 is 0.389 bits per heavy atom. The molecule has 0 heterocycles. The first-order valence-corrected chi connectivity index (χ1v) is 50.8. The quantitative estimate of drug-likeness (QED) is 0.0116.